The van der Waals surface area contributed by atoms with E-state index in [9.17, 15) is 0 Å². The normalized spacial score (nSPS) is 48.6. The molecule has 2 rings (SSSR count). The van der Waals surface area contributed by atoms with Crippen LogP contribution in [0.1, 0.15) is 33.6 Å². The number of piperidine rings is 1. The first kappa shape index (κ1) is 10.4. The molecule has 2 aliphatic rings. The van der Waals surface area contributed by atoms with Crippen LogP contribution in [0.25, 0.3) is 0 Å². The third-order valence-corrected chi connectivity index (χ3v) is 4.37. The predicted molar refractivity (Wildman–Crippen MR) is 60.3 cm³/mol. The number of rotatable bonds is 2. The smallest absolute Gasteiger partial charge is 0.0120 e. The molecule has 0 aromatic rings. The molecule has 0 aromatic carbocycles. The van der Waals surface area contributed by atoms with Gasteiger partial charge in [0.2, 0.25) is 0 Å². The zero-order valence-corrected chi connectivity index (χ0v) is 9.72. The lowest BCUT2D eigenvalue weighted by molar-refractivity contribution is 0.108. The molecular formula is C12H24N2. The van der Waals surface area contributed by atoms with Crippen LogP contribution < -0.4 is 10.6 Å². The van der Waals surface area contributed by atoms with Gasteiger partial charge in [0.15, 0.2) is 0 Å². The average molecular weight is 196 g/mol. The molecule has 0 bridgehead atoms. The first-order chi connectivity index (χ1) is 6.68. The van der Waals surface area contributed by atoms with Crippen LogP contribution in [0.5, 0.6) is 0 Å². The molecule has 1 heterocycles. The van der Waals surface area contributed by atoms with E-state index in [4.69, 9.17) is 0 Å². The van der Waals surface area contributed by atoms with Gasteiger partial charge in [-0.2, -0.15) is 0 Å². The van der Waals surface area contributed by atoms with Crippen molar-refractivity contribution < 1.29 is 0 Å². The number of nitrogens with one attached hydrogen (secondary N) is 2. The Morgan fingerprint density at radius 2 is 1.86 bits per heavy atom. The van der Waals surface area contributed by atoms with Crippen LogP contribution in [0.4, 0.5) is 0 Å². The molecule has 0 aromatic heterocycles. The predicted octanol–water partition coefficient (Wildman–Crippen LogP) is 1.62. The van der Waals surface area contributed by atoms with Crippen molar-refractivity contribution in [3.05, 3.63) is 0 Å². The molecule has 0 radical (unpaired) electrons. The van der Waals surface area contributed by atoms with Crippen LogP contribution >= 0.6 is 0 Å². The molecule has 2 fully saturated rings. The largest absolute Gasteiger partial charge is 0.316 e. The van der Waals surface area contributed by atoms with Crippen molar-refractivity contribution >= 4 is 0 Å². The molecule has 1 saturated carbocycles. The molecule has 0 spiro atoms. The minimum absolute atomic E-state index is 0.760. The lowest BCUT2D eigenvalue weighted by Gasteiger charge is -2.45. The molecule has 2 N–H and O–H groups in total. The lowest BCUT2D eigenvalue weighted by atomic mass is 9.71. The summed E-state index contributed by atoms with van der Waals surface area (Å²) in [6.45, 7) is 9.50. The first-order valence-corrected chi connectivity index (χ1v) is 6.15. The Bertz CT molecular complexity index is 193. The van der Waals surface area contributed by atoms with Gasteiger partial charge in [0.25, 0.3) is 0 Å². The summed E-state index contributed by atoms with van der Waals surface area (Å²) in [5.41, 5.74) is 0. The van der Waals surface area contributed by atoms with E-state index in [2.05, 4.69) is 31.4 Å². The maximum Gasteiger partial charge on any atom is 0.0120 e. The van der Waals surface area contributed by atoms with Gasteiger partial charge >= 0.3 is 0 Å². The molecule has 1 aliphatic carbocycles. The Morgan fingerprint density at radius 3 is 2.43 bits per heavy atom. The second-order valence-electron chi connectivity index (χ2n) is 5.42. The van der Waals surface area contributed by atoms with E-state index in [1.807, 2.05) is 0 Å². The van der Waals surface area contributed by atoms with E-state index in [-0.39, 0.29) is 0 Å². The van der Waals surface area contributed by atoms with Crippen molar-refractivity contribution in [3.63, 3.8) is 0 Å². The minimum atomic E-state index is 0.760. The highest BCUT2D eigenvalue weighted by molar-refractivity contribution is 4.93. The Balaban J connectivity index is 1.79. The first-order valence-electron chi connectivity index (χ1n) is 6.15. The summed E-state index contributed by atoms with van der Waals surface area (Å²) < 4.78 is 0. The fourth-order valence-electron chi connectivity index (χ4n) is 2.79. The van der Waals surface area contributed by atoms with Gasteiger partial charge in [0, 0.05) is 12.1 Å². The molecule has 5 atom stereocenters. The molecule has 2 nitrogen and oxygen atoms in total. The summed E-state index contributed by atoms with van der Waals surface area (Å²) in [6.07, 6.45) is 2.69. The molecule has 14 heavy (non-hydrogen) atoms. The van der Waals surface area contributed by atoms with E-state index < -0.39 is 0 Å². The fraction of sp³-hybridized carbons (Fsp3) is 1.00. The maximum atomic E-state index is 3.85. The van der Waals surface area contributed by atoms with Crippen molar-refractivity contribution in [1.29, 1.82) is 0 Å². The van der Waals surface area contributed by atoms with Crippen LogP contribution in [0, 0.1) is 17.8 Å². The van der Waals surface area contributed by atoms with E-state index in [1.165, 1.54) is 25.9 Å². The third-order valence-electron chi connectivity index (χ3n) is 4.37. The van der Waals surface area contributed by atoms with Gasteiger partial charge in [-0.05, 0) is 43.7 Å². The fourth-order valence-corrected chi connectivity index (χ4v) is 2.79. The Kier molecular flexibility index (Phi) is 3.13. The second kappa shape index (κ2) is 4.19. The lowest BCUT2D eigenvalue weighted by Crippen LogP contribution is -2.56. The van der Waals surface area contributed by atoms with Crippen molar-refractivity contribution in [2.24, 2.45) is 17.8 Å². The molecule has 0 amide bonds. The van der Waals surface area contributed by atoms with Gasteiger partial charge in [0.1, 0.15) is 0 Å². The van der Waals surface area contributed by atoms with Gasteiger partial charge in [0.05, 0.1) is 0 Å². The van der Waals surface area contributed by atoms with Crippen molar-refractivity contribution in [2.45, 2.75) is 45.7 Å². The van der Waals surface area contributed by atoms with Crippen LogP contribution in [-0.4, -0.2) is 25.2 Å². The van der Waals surface area contributed by atoms with Crippen molar-refractivity contribution in [3.8, 4) is 0 Å². The molecular weight excluding hydrogens is 172 g/mol. The summed E-state index contributed by atoms with van der Waals surface area (Å²) >= 11 is 0. The highest BCUT2D eigenvalue weighted by Gasteiger charge is 2.36. The van der Waals surface area contributed by atoms with Crippen molar-refractivity contribution in [1.82, 2.24) is 10.6 Å². The van der Waals surface area contributed by atoms with Crippen molar-refractivity contribution in [2.75, 3.05) is 13.1 Å². The second-order valence-corrected chi connectivity index (χ2v) is 5.42. The molecule has 82 valence electrons. The maximum absolute atomic E-state index is 3.85. The summed E-state index contributed by atoms with van der Waals surface area (Å²) in [4.78, 5) is 0. The minimum Gasteiger partial charge on any atom is -0.316 e. The third kappa shape index (κ3) is 1.96. The highest BCUT2D eigenvalue weighted by atomic mass is 15.0. The van der Waals surface area contributed by atoms with Gasteiger partial charge in [-0.1, -0.05) is 20.8 Å². The molecule has 1 aliphatic heterocycles. The summed E-state index contributed by atoms with van der Waals surface area (Å²) in [5, 5.41) is 7.30. The molecule has 2 heteroatoms. The zero-order chi connectivity index (χ0) is 10.1. The van der Waals surface area contributed by atoms with Crippen LogP contribution in [0.15, 0.2) is 0 Å². The van der Waals surface area contributed by atoms with Crippen LogP contribution in [0.2, 0.25) is 0 Å². The summed E-state index contributed by atoms with van der Waals surface area (Å²) in [7, 11) is 0. The van der Waals surface area contributed by atoms with Gasteiger partial charge in [-0.3, -0.25) is 0 Å². The highest BCUT2D eigenvalue weighted by Crippen LogP contribution is 2.34. The zero-order valence-electron chi connectivity index (χ0n) is 9.72. The topological polar surface area (TPSA) is 24.1 Å². The average Bonchev–Trinajstić information content (AvgIpc) is 2.20. The Labute approximate surface area is 87.8 Å². The quantitative estimate of drug-likeness (QED) is 0.701. The van der Waals surface area contributed by atoms with Gasteiger partial charge in [-0.15, -0.1) is 0 Å². The molecule has 5 unspecified atom stereocenters. The number of hydrogen-bond donors (Lipinski definition) is 2. The van der Waals surface area contributed by atoms with Gasteiger partial charge < -0.3 is 10.6 Å². The molecule has 1 saturated heterocycles. The van der Waals surface area contributed by atoms with E-state index in [0.29, 0.717) is 0 Å². The summed E-state index contributed by atoms with van der Waals surface area (Å²) in [6, 6.07) is 1.56. The standard InChI is InChI=1S/C12H24N2/c1-8-6-12(10(8)3)14-11-4-5-13-7-9(11)2/h8-14H,4-7H2,1-3H3. The van der Waals surface area contributed by atoms with Gasteiger partial charge in [-0.25, -0.2) is 0 Å². The van der Waals surface area contributed by atoms with E-state index in [0.717, 1.165) is 29.8 Å². The Morgan fingerprint density at radius 1 is 1.07 bits per heavy atom. The SMILES string of the molecule is CC1CNCCC1NC1CC(C)C1C. The Hall–Kier alpha value is -0.0800. The number of hydrogen-bond acceptors (Lipinski definition) is 2. The van der Waals surface area contributed by atoms with E-state index in [1.54, 1.807) is 0 Å². The summed E-state index contributed by atoms with van der Waals surface area (Å²) in [5.74, 6) is 2.62. The van der Waals surface area contributed by atoms with E-state index >= 15 is 0 Å². The van der Waals surface area contributed by atoms with Crippen LogP contribution in [0.3, 0.4) is 0 Å². The monoisotopic (exact) mass is 196 g/mol. The van der Waals surface area contributed by atoms with Crippen LogP contribution in [-0.2, 0) is 0 Å².